The molecule has 4 rings (SSSR count). The van der Waals surface area contributed by atoms with Crippen molar-refractivity contribution in [3.8, 4) is 0 Å². The van der Waals surface area contributed by atoms with Crippen molar-refractivity contribution < 1.29 is 4.79 Å². The summed E-state index contributed by atoms with van der Waals surface area (Å²) in [6.07, 6.45) is 3.39. The summed E-state index contributed by atoms with van der Waals surface area (Å²) in [5, 5.41) is 3.41. The average Bonchev–Trinajstić information content (AvgIpc) is 2.68. The van der Waals surface area contributed by atoms with Crippen LogP contribution in [0.25, 0.3) is 10.9 Å². The number of amides is 1. The molecule has 0 fully saturated rings. The summed E-state index contributed by atoms with van der Waals surface area (Å²) >= 11 is 0. The molecule has 1 amide bonds. The number of pyridine rings is 2. The maximum Gasteiger partial charge on any atom is 0.257 e. The lowest BCUT2D eigenvalue weighted by atomic mass is 10.0. The minimum atomic E-state index is -0.262. The van der Waals surface area contributed by atoms with Gasteiger partial charge in [-0.25, -0.2) is 0 Å². The molecule has 1 aliphatic heterocycles. The minimum Gasteiger partial charge on any atom is -0.358 e. The van der Waals surface area contributed by atoms with Gasteiger partial charge in [0, 0.05) is 46.7 Å². The fourth-order valence-electron chi connectivity index (χ4n) is 3.67. The molecular formula is C21H21N3O3. The van der Waals surface area contributed by atoms with Crippen molar-refractivity contribution in [1.29, 1.82) is 0 Å². The monoisotopic (exact) mass is 363 g/mol. The molecule has 3 heterocycles. The summed E-state index contributed by atoms with van der Waals surface area (Å²) in [4.78, 5) is 40.4. The Morgan fingerprint density at radius 2 is 2.00 bits per heavy atom. The highest BCUT2D eigenvalue weighted by Gasteiger charge is 2.19. The van der Waals surface area contributed by atoms with E-state index < -0.39 is 0 Å². The number of carbonyl (C=O) groups is 1. The van der Waals surface area contributed by atoms with Crippen LogP contribution >= 0.6 is 0 Å². The Labute approximate surface area is 155 Å². The zero-order valence-corrected chi connectivity index (χ0v) is 15.2. The van der Waals surface area contributed by atoms with E-state index in [-0.39, 0.29) is 16.9 Å². The number of aromatic amines is 1. The lowest BCUT2D eigenvalue weighted by molar-refractivity contribution is 0.102. The van der Waals surface area contributed by atoms with E-state index in [1.165, 1.54) is 6.07 Å². The molecule has 0 atom stereocenters. The van der Waals surface area contributed by atoms with Gasteiger partial charge in [0.05, 0.1) is 5.56 Å². The predicted molar refractivity (Wildman–Crippen MR) is 106 cm³/mol. The first kappa shape index (κ1) is 17.3. The quantitative estimate of drug-likeness (QED) is 0.750. The number of nitrogens with one attached hydrogen (secondary N) is 2. The van der Waals surface area contributed by atoms with E-state index in [0.29, 0.717) is 23.2 Å². The van der Waals surface area contributed by atoms with Gasteiger partial charge in [0.25, 0.3) is 11.5 Å². The number of anilines is 1. The molecule has 0 aliphatic carbocycles. The summed E-state index contributed by atoms with van der Waals surface area (Å²) in [6, 6.07) is 9.89. The number of nitrogens with zero attached hydrogens (tertiary/aromatic N) is 1. The van der Waals surface area contributed by atoms with Crippen LogP contribution in [0.15, 0.2) is 46.0 Å². The van der Waals surface area contributed by atoms with E-state index in [4.69, 9.17) is 0 Å². The van der Waals surface area contributed by atoms with Gasteiger partial charge in [-0.05, 0) is 49.9 Å². The highest BCUT2D eigenvalue weighted by atomic mass is 16.2. The number of benzene rings is 1. The summed E-state index contributed by atoms with van der Waals surface area (Å²) in [5.41, 5.74) is 3.36. The van der Waals surface area contributed by atoms with E-state index in [1.807, 2.05) is 6.92 Å². The largest absolute Gasteiger partial charge is 0.358 e. The molecule has 0 saturated carbocycles. The van der Waals surface area contributed by atoms with Gasteiger partial charge >= 0.3 is 0 Å². The van der Waals surface area contributed by atoms with Crippen LogP contribution in [-0.2, 0) is 19.4 Å². The van der Waals surface area contributed by atoms with Gasteiger partial charge in [0.15, 0.2) is 5.43 Å². The third kappa shape index (κ3) is 3.18. The third-order valence-electron chi connectivity index (χ3n) is 5.11. The standard InChI is InChI=1S/C21H21N3O3/c1-2-13-12-19(25)16-11-14(6-8-17(16)22-13)23-21(27)15-7-9-20(26)24-10-4-3-5-18(15)24/h6-9,11-12H,2-5,10H2,1H3,(H,22,25)(H,23,27). The summed E-state index contributed by atoms with van der Waals surface area (Å²) in [5.74, 6) is -0.262. The van der Waals surface area contributed by atoms with Gasteiger partial charge < -0.3 is 14.9 Å². The molecule has 27 heavy (non-hydrogen) atoms. The molecule has 0 bridgehead atoms. The maximum atomic E-state index is 12.8. The van der Waals surface area contributed by atoms with Crippen LogP contribution in [0.3, 0.4) is 0 Å². The van der Waals surface area contributed by atoms with Gasteiger partial charge in [-0.3, -0.25) is 14.4 Å². The summed E-state index contributed by atoms with van der Waals surface area (Å²) < 4.78 is 1.69. The van der Waals surface area contributed by atoms with Gasteiger partial charge in [-0.1, -0.05) is 6.92 Å². The Kier molecular flexibility index (Phi) is 4.39. The lowest BCUT2D eigenvalue weighted by Crippen LogP contribution is -2.29. The number of rotatable bonds is 3. The Bertz CT molecular complexity index is 1160. The van der Waals surface area contributed by atoms with Crippen LogP contribution < -0.4 is 16.3 Å². The van der Waals surface area contributed by atoms with Gasteiger partial charge in [0.2, 0.25) is 0 Å². The normalized spacial score (nSPS) is 13.4. The number of fused-ring (bicyclic) bond motifs is 2. The molecule has 3 aromatic rings. The molecule has 0 radical (unpaired) electrons. The van der Waals surface area contributed by atoms with Crippen molar-refractivity contribution >= 4 is 22.5 Å². The van der Waals surface area contributed by atoms with Crippen LogP contribution in [0.2, 0.25) is 0 Å². The molecule has 138 valence electrons. The second-order valence-corrected chi connectivity index (χ2v) is 6.87. The molecule has 6 heteroatoms. The number of aryl methyl sites for hydroxylation is 1. The topological polar surface area (TPSA) is 84.0 Å². The van der Waals surface area contributed by atoms with Crippen LogP contribution in [0.5, 0.6) is 0 Å². The van der Waals surface area contributed by atoms with E-state index in [0.717, 1.165) is 42.6 Å². The zero-order valence-electron chi connectivity index (χ0n) is 15.2. The first-order valence-corrected chi connectivity index (χ1v) is 9.27. The lowest BCUT2D eigenvalue weighted by Gasteiger charge is -2.20. The van der Waals surface area contributed by atoms with E-state index in [1.54, 1.807) is 34.9 Å². The second-order valence-electron chi connectivity index (χ2n) is 6.87. The molecule has 6 nitrogen and oxygen atoms in total. The molecule has 0 spiro atoms. The Hall–Kier alpha value is -3.15. The van der Waals surface area contributed by atoms with Crippen LogP contribution in [0, 0.1) is 0 Å². The van der Waals surface area contributed by atoms with Crippen LogP contribution in [-0.4, -0.2) is 15.5 Å². The summed E-state index contributed by atoms with van der Waals surface area (Å²) in [7, 11) is 0. The maximum absolute atomic E-state index is 12.8. The van der Waals surface area contributed by atoms with E-state index >= 15 is 0 Å². The highest BCUT2D eigenvalue weighted by Crippen LogP contribution is 2.20. The molecule has 2 aromatic heterocycles. The van der Waals surface area contributed by atoms with Crippen molar-refractivity contribution in [2.45, 2.75) is 39.2 Å². The smallest absolute Gasteiger partial charge is 0.257 e. The van der Waals surface area contributed by atoms with E-state index in [2.05, 4.69) is 10.3 Å². The first-order chi connectivity index (χ1) is 13.1. The molecular weight excluding hydrogens is 342 g/mol. The molecule has 0 saturated heterocycles. The Morgan fingerprint density at radius 1 is 1.15 bits per heavy atom. The third-order valence-corrected chi connectivity index (χ3v) is 5.11. The van der Waals surface area contributed by atoms with Gasteiger partial charge in [0.1, 0.15) is 0 Å². The SMILES string of the molecule is CCc1cc(=O)c2cc(NC(=O)c3ccc(=O)n4c3CCCC4)ccc2[nH]1. The molecule has 1 aromatic carbocycles. The minimum absolute atomic E-state index is 0.0646. The van der Waals surface area contributed by atoms with Crippen LogP contribution in [0.4, 0.5) is 5.69 Å². The van der Waals surface area contributed by atoms with Crippen molar-refractivity contribution in [2.24, 2.45) is 0 Å². The first-order valence-electron chi connectivity index (χ1n) is 9.27. The number of aromatic nitrogens is 2. The summed E-state index contributed by atoms with van der Waals surface area (Å²) in [6.45, 7) is 2.64. The van der Waals surface area contributed by atoms with Crippen molar-refractivity contribution in [3.63, 3.8) is 0 Å². The fourth-order valence-corrected chi connectivity index (χ4v) is 3.67. The van der Waals surface area contributed by atoms with Crippen LogP contribution in [0.1, 0.15) is 41.5 Å². The number of H-pyrrole nitrogens is 1. The van der Waals surface area contributed by atoms with Gasteiger partial charge in [-0.2, -0.15) is 0 Å². The van der Waals surface area contributed by atoms with E-state index in [9.17, 15) is 14.4 Å². The highest BCUT2D eigenvalue weighted by molar-refractivity contribution is 6.05. The fraction of sp³-hybridized carbons (Fsp3) is 0.286. The number of hydrogen-bond acceptors (Lipinski definition) is 3. The Balaban J connectivity index is 1.69. The van der Waals surface area contributed by atoms with Crippen molar-refractivity contribution in [2.75, 3.05) is 5.32 Å². The average molecular weight is 363 g/mol. The van der Waals surface area contributed by atoms with Gasteiger partial charge in [-0.15, -0.1) is 0 Å². The Morgan fingerprint density at radius 3 is 2.81 bits per heavy atom. The number of hydrogen-bond donors (Lipinski definition) is 2. The second kappa shape index (κ2) is 6.87. The van der Waals surface area contributed by atoms with Crippen molar-refractivity contribution in [1.82, 2.24) is 9.55 Å². The number of carbonyl (C=O) groups excluding carboxylic acids is 1. The predicted octanol–water partition coefficient (Wildman–Crippen LogP) is 2.84. The molecule has 2 N–H and O–H groups in total. The molecule has 0 unspecified atom stereocenters. The van der Waals surface area contributed by atoms with Crippen molar-refractivity contribution in [3.05, 3.63) is 73.9 Å². The molecule has 1 aliphatic rings. The zero-order chi connectivity index (χ0) is 19.0.